The largest absolute Gasteiger partial charge is 0.495 e. The molecule has 3 heteroatoms. The van der Waals surface area contributed by atoms with E-state index in [0.717, 1.165) is 18.5 Å². The Labute approximate surface area is 132 Å². The number of nitrogens with one attached hydrogen (secondary N) is 2. The van der Waals surface area contributed by atoms with E-state index >= 15 is 0 Å². The maximum atomic E-state index is 9.48. The van der Waals surface area contributed by atoms with Crippen molar-refractivity contribution in [3.8, 4) is 0 Å². The van der Waals surface area contributed by atoms with Gasteiger partial charge in [0.05, 0.1) is 0 Å². The molecule has 0 saturated heterocycles. The number of unbranched alkanes of at least 4 members (excludes halogenated alkanes) is 8. The smallest absolute Gasteiger partial charge is 0.182 e. The normalized spacial score (nSPS) is 10.9. The Balaban J connectivity index is 3.11. The van der Waals surface area contributed by atoms with Crippen molar-refractivity contribution in [3.63, 3.8) is 0 Å². The molecule has 3 nitrogen and oxygen atoms in total. The van der Waals surface area contributed by atoms with Crippen molar-refractivity contribution in [2.75, 3.05) is 13.1 Å². The highest BCUT2D eigenvalue weighted by Gasteiger charge is 1.96. The van der Waals surface area contributed by atoms with Gasteiger partial charge in [0.15, 0.2) is 5.88 Å². The van der Waals surface area contributed by atoms with Crippen LogP contribution >= 0.6 is 0 Å². The van der Waals surface area contributed by atoms with Crippen LogP contribution < -0.4 is 10.6 Å². The van der Waals surface area contributed by atoms with Crippen LogP contribution in [-0.4, -0.2) is 24.2 Å². The summed E-state index contributed by atoms with van der Waals surface area (Å²) in [7, 11) is 0. The Bertz CT molecular complexity index is 258. The van der Waals surface area contributed by atoms with Gasteiger partial charge in [0.1, 0.15) is 0 Å². The summed E-state index contributed by atoms with van der Waals surface area (Å²) >= 11 is 0. The van der Waals surface area contributed by atoms with Gasteiger partial charge in [-0.2, -0.15) is 0 Å². The number of aliphatic hydroxyl groups excluding tert-OH is 1. The van der Waals surface area contributed by atoms with Crippen molar-refractivity contribution < 1.29 is 5.11 Å². The average molecular weight is 299 g/mol. The molecular formula is C18H38N2O. The average Bonchev–Trinajstić information content (AvgIpc) is 2.43. The first kappa shape index (κ1) is 20.3. The highest BCUT2D eigenvalue weighted by Crippen LogP contribution is 2.09. The lowest BCUT2D eigenvalue weighted by Crippen LogP contribution is -2.23. The molecular weight excluding hydrogens is 260 g/mol. The fourth-order valence-electron chi connectivity index (χ4n) is 2.26. The molecule has 0 atom stereocenters. The Hall–Kier alpha value is -0.700. The molecule has 0 spiro atoms. The molecule has 0 saturated carbocycles. The van der Waals surface area contributed by atoms with E-state index < -0.39 is 0 Å². The first-order chi connectivity index (χ1) is 10.0. The van der Waals surface area contributed by atoms with Gasteiger partial charge in [-0.3, -0.25) is 0 Å². The maximum absolute atomic E-state index is 9.48. The lowest BCUT2D eigenvalue weighted by molar-refractivity contribution is 0.354. The minimum Gasteiger partial charge on any atom is -0.495 e. The highest BCUT2D eigenvalue weighted by atomic mass is 16.3. The van der Waals surface area contributed by atoms with Crippen molar-refractivity contribution in [1.29, 1.82) is 0 Å². The summed E-state index contributed by atoms with van der Waals surface area (Å²) in [5, 5.41) is 16.0. The Morgan fingerprint density at radius 1 is 0.762 bits per heavy atom. The SMILES string of the molecule is CC(C)=C(O)NCCCCCCCCCCCNC(C)C. The van der Waals surface area contributed by atoms with E-state index in [1.165, 1.54) is 57.9 Å². The third kappa shape index (κ3) is 15.5. The molecule has 126 valence electrons. The van der Waals surface area contributed by atoms with Crippen LogP contribution in [0.1, 0.15) is 85.5 Å². The molecule has 0 fully saturated rings. The van der Waals surface area contributed by atoms with Crippen molar-refractivity contribution >= 4 is 0 Å². The first-order valence-electron chi connectivity index (χ1n) is 8.87. The summed E-state index contributed by atoms with van der Waals surface area (Å²) in [6.07, 6.45) is 11.9. The summed E-state index contributed by atoms with van der Waals surface area (Å²) in [5.74, 6) is 0.349. The van der Waals surface area contributed by atoms with Crippen molar-refractivity contribution in [2.24, 2.45) is 0 Å². The zero-order chi connectivity index (χ0) is 15.9. The summed E-state index contributed by atoms with van der Waals surface area (Å²) < 4.78 is 0. The monoisotopic (exact) mass is 298 g/mol. The van der Waals surface area contributed by atoms with E-state index in [0.29, 0.717) is 11.9 Å². The summed E-state index contributed by atoms with van der Waals surface area (Å²) in [6.45, 7) is 10.3. The number of hydrogen-bond donors (Lipinski definition) is 3. The molecule has 0 radical (unpaired) electrons. The van der Waals surface area contributed by atoms with E-state index in [4.69, 9.17) is 0 Å². The van der Waals surface area contributed by atoms with Crippen LogP contribution in [0.25, 0.3) is 0 Å². The Kier molecular flexibility index (Phi) is 13.8. The molecule has 0 aromatic carbocycles. The maximum Gasteiger partial charge on any atom is 0.182 e. The van der Waals surface area contributed by atoms with Crippen LogP contribution in [0.4, 0.5) is 0 Å². The molecule has 21 heavy (non-hydrogen) atoms. The van der Waals surface area contributed by atoms with Gasteiger partial charge in [-0.05, 0) is 38.8 Å². The number of allylic oxidation sites excluding steroid dienone is 1. The van der Waals surface area contributed by atoms with Crippen LogP contribution in [0.3, 0.4) is 0 Å². The fourth-order valence-corrected chi connectivity index (χ4v) is 2.26. The van der Waals surface area contributed by atoms with Gasteiger partial charge in [-0.1, -0.05) is 58.8 Å². The minimum absolute atomic E-state index is 0.349. The van der Waals surface area contributed by atoms with E-state index in [1.807, 2.05) is 13.8 Å². The standard InChI is InChI=1S/C18H38N2O/c1-16(2)18(21)20-15-13-11-9-7-5-6-8-10-12-14-19-17(3)4/h17,19-21H,5-15H2,1-4H3. The Morgan fingerprint density at radius 3 is 1.62 bits per heavy atom. The molecule has 0 bridgehead atoms. The van der Waals surface area contributed by atoms with Gasteiger partial charge in [-0.15, -0.1) is 0 Å². The summed E-state index contributed by atoms with van der Waals surface area (Å²) in [6, 6.07) is 0.623. The van der Waals surface area contributed by atoms with E-state index in [9.17, 15) is 5.11 Å². The Morgan fingerprint density at radius 2 is 1.19 bits per heavy atom. The number of hydrogen-bond acceptors (Lipinski definition) is 3. The summed E-state index contributed by atoms with van der Waals surface area (Å²) in [4.78, 5) is 0. The molecule has 0 unspecified atom stereocenters. The molecule has 0 aliphatic heterocycles. The van der Waals surface area contributed by atoms with Crippen LogP contribution in [0.2, 0.25) is 0 Å². The van der Waals surface area contributed by atoms with Crippen molar-refractivity contribution in [3.05, 3.63) is 11.5 Å². The fraction of sp³-hybridized carbons (Fsp3) is 0.889. The lowest BCUT2D eigenvalue weighted by Gasteiger charge is -2.07. The van der Waals surface area contributed by atoms with Gasteiger partial charge in [0, 0.05) is 12.6 Å². The third-order valence-corrected chi connectivity index (χ3v) is 3.67. The molecule has 0 amide bonds. The van der Waals surface area contributed by atoms with Crippen LogP contribution in [0, 0.1) is 0 Å². The second-order valence-corrected chi connectivity index (χ2v) is 6.57. The molecule has 0 aliphatic rings. The highest BCUT2D eigenvalue weighted by molar-refractivity contribution is 4.98. The lowest BCUT2D eigenvalue weighted by atomic mass is 10.1. The summed E-state index contributed by atoms with van der Waals surface area (Å²) in [5.41, 5.74) is 0.957. The second kappa shape index (κ2) is 14.2. The van der Waals surface area contributed by atoms with E-state index in [2.05, 4.69) is 24.5 Å². The molecule has 0 aliphatic carbocycles. The number of rotatable bonds is 14. The quantitative estimate of drug-likeness (QED) is 0.316. The molecule has 0 heterocycles. The molecule has 0 aromatic rings. The van der Waals surface area contributed by atoms with Crippen LogP contribution in [-0.2, 0) is 0 Å². The van der Waals surface area contributed by atoms with Gasteiger partial charge >= 0.3 is 0 Å². The van der Waals surface area contributed by atoms with Crippen LogP contribution in [0.15, 0.2) is 11.5 Å². The predicted octanol–water partition coefficient (Wildman–Crippen LogP) is 4.89. The van der Waals surface area contributed by atoms with Gasteiger partial charge < -0.3 is 15.7 Å². The third-order valence-electron chi connectivity index (χ3n) is 3.67. The van der Waals surface area contributed by atoms with E-state index in [-0.39, 0.29) is 0 Å². The minimum atomic E-state index is 0.349. The molecule has 0 rings (SSSR count). The zero-order valence-corrected chi connectivity index (χ0v) is 14.8. The van der Waals surface area contributed by atoms with Crippen molar-refractivity contribution in [1.82, 2.24) is 10.6 Å². The van der Waals surface area contributed by atoms with Crippen molar-refractivity contribution in [2.45, 2.75) is 91.5 Å². The molecule has 0 aromatic heterocycles. The number of aliphatic hydroxyl groups is 1. The van der Waals surface area contributed by atoms with E-state index in [1.54, 1.807) is 0 Å². The van der Waals surface area contributed by atoms with Crippen LogP contribution in [0.5, 0.6) is 0 Å². The molecule has 3 N–H and O–H groups in total. The zero-order valence-electron chi connectivity index (χ0n) is 14.8. The second-order valence-electron chi connectivity index (χ2n) is 6.57. The first-order valence-corrected chi connectivity index (χ1v) is 8.87. The van der Waals surface area contributed by atoms with Gasteiger partial charge in [-0.25, -0.2) is 0 Å². The van der Waals surface area contributed by atoms with Gasteiger partial charge in [0.2, 0.25) is 0 Å². The topological polar surface area (TPSA) is 44.3 Å². The predicted molar refractivity (Wildman–Crippen MR) is 93.7 cm³/mol. The van der Waals surface area contributed by atoms with Gasteiger partial charge in [0.25, 0.3) is 0 Å².